The number of rotatable bonds is 2. The third-order valence-corrected chi connectivity index (χ3v) is 5.94. The predicted octanol–water partition coefficient (Wildman–Crippen LogP) is 1.24. The predicted molar refractivity (Wildman–Crippen MR) is 64.3 cm³/mol. The molecule has 2 rings (SSSR count). The van der Waals surface area contributed by atoms with Crippen molar-refractivity contribution in [1.82, 2.24) is 5.32 Å². The van der Waals surface area contributed by atoms with Gasteiger partial charge in [0.15, 0.2) is 0 Å². The molecule has 14 heavy (non-hydrogen) atoms. The Morgan fingerprint density at radius 1 is 1.29 bits per heavy atom. The first kappa shape index (κ1) is 11.0. The Bertz CT molecular complexity index is 212. The molecule has 2 fully saturated rings. The molecule has 0 aromatic rings. The van der Waals surface area contributed by atoms with Gasteiger partial charge in [-0.25, -0.2) is 0 Å². The number of hydrogen-bond donors (Lipinski definition) is 1. The molecule has 2 aliphatic heterocycles. The molecule has 0 aliphatic carbocycles. The Morgan fingerprint density at radius 2 is 2.00 bits per heavy atom. The maximum atomic E-state index is 11.2. The summed E-state index contributed by atoms with van der Waals surface area (Å²) < 4.78 is 11.2. The fraction of sp³-hybridized carbons (Fsp3) is 1.00. The van der Waals surface area contributed by atoms with E-state index >= 15 is 0 Å². The largest absolute Gasteiger partial charge is 0.310 e. The van der Waals surface area contributed by atoms with Gasteiger partial charge in [-0.1, -0.05) is 6.92 Å². The first-order chi connectivity index (χ1) is 6.75. The van der Waals surface area contributed by atoms with E-state index in [-0.39, 0.29) is 0 Å². The molecular formula is C10H19NOS2. The van der Waals surface area contributed by atoms with Crippen LogP contribution in [0.3, 0.4) is 0 Å². The minimum Gasteiger partial charge on any atom is -0.310 e. The van der Waals surface area contributed by atoms with Crippen molar-refractivity contribution in [2.45, 2.75) is 31.8 Å². The van der Waals surface area contributed by atoms with Gasteiger partial charge in [-0.05, 0) is 24.5 Å². The SMILES string of the molecule is CC1CSCC1NC1CCS(=O)CC1. The summed E-state index contributed by atoms with van der Waals surface area (Å²) in [5.74, 6) is 5.20. The molecule has 2 heterocycles. The van der Waals surface area contributed by atoms with Crippen LogP contribution in [0, 0.1) is 5.92 Å². The number of thioether (sulfide) groups is 1. The quantitative estimate of drug-likeness (QED) is 0.778. The van der Waals surface area contributed by atoms with Gasteiger partial charge in [-0.15, -0.1) is 0 Å². The van der Waals surface area contributed by atoms with E-state index in [1.165, 1.54) is 11.5 Å². The standard InChI is InChI=1S/C10H19NOS2/c1-8-6-13-7-10(8)11-9-2-4-14(12)5-3-9/h8-11H,2-7H2,1H3. The molecule has 82 valence electrons. The van der Waals surface area contributed by atoms with Crippen molar-refractivity contribution in [3.05, 3.63) is 0 Å². The molecule has 2 aliphatic rings. The normalized spacial score (nSPS) is 44.1. The fourth-order valence-corrected chi connectivity index (χ4v) is 4.85. The summed E-state index contributed by atoms with van der Waals surface area (Å²) in [5, 5.41) is 3.73. The smallest absolute Gasteiger partial charge is 0.0249 e. The van der Waals surface area contributed by atoms with Gasteiger partial charge in [0.2, 0.25) is 0 Å². The van der Waals surface area contributed by atoms with Gasteiger partial charge in [0.05, 0.1) is 0 Å². The van der Waals surface area contributed by atoms with Crippen molar-refractivity contribution in [2.75, 3.05) is 23.0 Å². The lowest BCUT2D eigenvalue weighted by Gasteiger charge is -2.27. The van der Waals surface area contributed by atoms with Crippen LogP contribution in [0.25, 0.3) is 0 Å². The third-order valence-electron chi connectivity index (χ3n) is 3.20. The Kier molecular flexibility index (Phi) is 3.91. The fourth-order valence-electron chi connectivity index (χ4n) is 2.14. The van der Waals surface area contributed by atoms with Crippen LogP contribution >= 0.6 is 11.8 Å². The van der Waals surface area contributed by atoms with E-state index in [9.17, 15) is 4.21 Å². The van der Waals surface area contributed by atoms with Crippen molar-refractivity contribution in [3.8, 4) is 0 Å². The van der Waals surface area contributed by atoms with E-state index < -0.39 is 10.8 Å². The van der Waals surface area contributed by atoms with E-state index in [2.05, 4.69) is 24.0 Å². The average Bonchev–Trinajstić information content (AvgIpc) is 2.56. The first-order valence-corrected chi connectivity index (χ1v) is 8.09. The molecule has 0 amide bonds. The van der Waals surface area contributed by atoms with Crippen LogP contribution in [-0.4, -0.2) is 39.3 Å². The Hall–Kier alpha value is 0.460. The van der Waals surface area contributed by atoms with E-state index in [4.69, 9.17) is 0 Å². The summed E-state index contributed by atoms with van der Waals surface area (Å²) >= 11 is 2.06. The summed E-state index contributed by atoms with van der Waals surface area (Å²) in [4.78, 5) is 0. The van der Waals surface area contributed by atoms with Crippen LogP contribution in [0.4, 0.5) is 0 Å². The molecule has 0 saturated carbocycles. The molecule has 1 N–H and O–H groups in total. The summed E-state index contributed by atoms with van der Waals surface area (Å²) in [5.41, 5.74) is 0. The van der Waals surface area contributed by atoms with Crippen LogP contribution in [0.1, 0.15) is 19.8 Å². The summed E-state index contributed by atoms with van der Waals surface area (Å²) in [6, 6.07) is 1.34. The second kappa shape index (κ2) is 4.99. The third kappa shape index (κ3) is 2.74. The van der Waals surface area contributed by atoms with Crippen LogP contribution in [-0.2, 0) is 10.8 Å². The monoisotopic (exact) mass is 233 g/mol. The van der Waals surface area contributed by atoms with E-state index in [1.807, 2.05) is 0 Å². The maximum absolute atomic E-state index is 11.2. The Balaban J connectivity index is 1.77. The Labute approximate surface area is 93.1 Å². The molecule has 4 heteroatoms. The molecule has 0 aromatic heterocycles. The highest BCUT2D eigenvalue weighted by Crippen LogP contribution is 2.25. The van der Waals surface area contributed by atoms with Crippen molar-refractivity contribution in [1.29, 1.82) is 0 Å². The zero-order chi connectivity index (χ0) is 9.97. The zero-order valence-electron chi connectivity index (χ0n) is 8.70. The molecular weight excluding hydrogens is 214 g/mol. The van der Waals surface area contributed by atoms with Gasteiger partial charge in [0.25, 0.3) is 0 Å². The number of nitrogens with one attached hydrogen (secondary N) is 1. The molecule has 2 unspecified atom stereocenters. The molecule has 2 saturated heterocycles. The van der Waals surface area contributed by atoms with Gasteiger partial charge < -0.3 is 5.32 Å². The highest BCUT2D eigenvalue weighted by molar-refractivity contribution is 7.99. The van der Waals surface area contributed by atoms with Gasteiger partial charge in [-0.3, -0.25) is 4.21 Å². The topological polar surface area (TPSA) is 29.1 Å². The molecule has 2 nitrogen and oxygen atoms in total. The van der Waals surface area contributed by atoms with E-state index in [1.54, 1.807) is 0 Å². The number of hydrogen-bond acceptors (Lipinski definition) is 3. The minimum absolute atomic E-state index is 0.518. The molecule has 0 radical (unpaired) electrons. The van der Waals surface area contributed by atoms with Gasteiger partial charge in [0.1, 0.15) is 0 Å². The molecule has 0 aromatic carbocycles. The van der Waals surface area contributed by atoms with E-state index in [0.29, 0.717) is 12.1 Å². The van der Waals surface area contributed by atoms with Crippen molar-refractivity contribution >= 4 is 22.6 Å². The molecule has 2 atom stereocenters. The van der Waals surface area contributed by atoms with Crippen molar-refractivity contribution < 1.29 is 4.21 Å². The van der Waals surface area contributed by atoms with Crippen LogP contribution in [0.5, 0.6) is 0 Å². The second-order valence-electron chi connectivity index (χ2n) is 4.41. The van der Waals surface area contributed by atoms with Crippen molar-refractivity contribution in [2.24, 2.45) is 5.92 Å². The van der Waals surface area contributed by atoms with Gasteiger partial charge >= 0.3 is 0 Å². The lowest BCUT2D eigenvalue weighted by Crippen LogP contribution is -2.44. The molecule has 0 bridgehead atoms. The lowest BCUT2D eigenvalue weighted by molar-refractivity contribution is 0.373. The average molecular weight is 233 g/mol. The summed E-state index contributed by atoms with van der Waals surface area (Å²) in [6.45, 7) is 2.33. The minimum atomic E-state index is -0.518. The summed E-state index contributed by atoms with van der Waals surface area (Å²) in [7, 11) is -0.518. The van der Waals surface area contributed by atoms with E-state index in [0.717, 1.165) is 30.3 Å². The van der Waals surface area contributed by atoms with Gasteiger partial charge in [0, 0.05) is 40.1 Å². The Morgan fingerprint density at radius 3 is 2.57 bits per heavy atom. The zero-order valence-corrected chi connectivity index (χ0v) is 10.3. The summed E-state index contributed by atoms with van der Waals surface area (Å²) in [6.07, 6.45) is 2.22. The lowest BCUT2D eigenvalue weighted by atomic mass is 10.0. The first-order valence-electron chi connectivity index (χ1n) is 5.44. The molecule has 0 spiro atoms. The van der Waals surface area contributed by atoms with Crippen LogP contribution < -0.4 is 5.32 Å². The van der Waals surface area contributed by atoms with Crippen LogP contribution in [0.15, 0.2) is 0 Å². The van der Waals surface area contributed by atoms with Crippen molar-refractivity contribution in [3.63, 3.8) is 0 Å². The highest BCUT2D eigenvalue weighted by Gasteiger charge is 2.27. The van der Waals surface area contributed by atoms with Crippen LogP contribution in [0.2, 0.25) is 0 Å². The van der Waals surface area contributed by atoms with Gasteiger partial charge in [-0.2, -0.15) is 11.8 Å². The highest BCUT2D eigenvalue weighted by atomic mass is 32.2. The second-order valence-corrected chi connectivity index (χ2v) is 7.18. The maximum Gasteiger partial charge on any atom is 0.0249 e.